The Balaban J connectivity index is 3.20. The fourth-order valence-corrected chi connectivity index (χ4v) is 1.61. The summed E-state index contributed by atoms with van der Waals surface area (Å²) >= 11 is 5.78. The first-order valence-corrected chi connectivity index (χ1v) is 4.99. The van der Waals surface area contributed by atoms with Gasteiger partial charge in [0.25, 0.3) is 0 Å². The van der Waals surface area contributed by atoms with Crippen LogP contribution in [0.25, 0.3) is 0 Å². The standard InChI is InChI=1S/C10H12ClF3N2/c1-9(2,5-15)8-7(11)3-6(4-16-8)10(12,13)14/h3-4H,5,15H2,1-2H3. The van der Waals surface area contributed by atoms with Crippen LogP contribution < -0.4 is 5.73 Å². The quantitative estimate of drug-likeness (QED) is 0.879. The Kier molecular flexibility index (Phi) is 3.50. The summed E-state index contributed by atoms with van der Waals surface area (Å²) in [5, 5.41) is -0.00900. The minimum absolute atomic E-state index is 0.00900. The van der Waals surface area contributed by atoms with Gasteiger partial charge in [-0.3, -0.25) is 4.98 Å². The zero-order valence-electron chi connectivity index (χ0n) is 8.90. The Labute approximate surface area is 96.6 Å². The summed E-state index contributed by atoms with van der Waals surface area (Å²) in [6.07, 6.45) is -3.65. The third-order valence-electron chi connectivity index (χ3n) is 2.32. The average Bonchev–Trinajstić information content (AvgIpc) is 2.16. The average molecular weight is 253 g/mol. The molecular weight excluding hydrogens is 241 g/mol. The van der Waals surface area contributed by atoms with E-state index in [0.29, 0.717) is 5.69 Å². The molecular formula is C10H12ClF3N2. The van der Waals surface area contributed by atoms with Gasteiger partial charge < -0.3 is 5.73 Å². The van der Waals surface area contributed by atoms with Crippen LogP contribution in [0, 0.1) is 0 Å². The van der Waals surface area contributed by atoms with Crippen molar-refractivity contribution in [3.8, 4) is 0 Å². The van der Waals surface area contributed by atoms with Crippen molar-refractivity contribution >= 4 is 11.6 Å². The highest BCUT2D eigenvalue weighted by molar-refractivity contribution is 6.31. The number of pyridine rings is 1. The third-order valence-corrected chi connectivity index (χ3v) is 2.61. The van der Waals surface area contributed by atoms with Gasteiger partial charge in [0.15, 0.2) is 0 Å². The molecule has 6 heteroatoms. The molecule has 90 valence electrons. The SMILES string of the molecule is CC(C)(CN)c1ncc(C(F)(F)F)cc1Cl. The second-order valence-electron chi connectivity index (χ2n) is 4.14. The lowest BCUT2D eigenvalue weighted by molar-refractivity contribution is -0.137. The smallest absolute Gasteiger partial charge is 0.330 e. The van der Waals surface area contributed by atoms with Crippen molar-refractivity contribution in [3.05, 3.63) is 28.5 Å². The number of aromatic nitrogens is 1. The van der Waals surface area contributed by atoms with Crippen LogP contribution in [0.4, 0.5) is 13.2 Å². The third kappa shape index (κ3) is 2.65. The maximum atomic E-state index is 12.4. The number of alkyl halides is 3. The van der Waals surface area contributed by atoms with Crippen molar-refractivity contribution < 1.29 is 13.2 Å². The summed E-state index contributed by atoms with van der Waals surface area (Å²) in [5.41, 5.74) is 4.50. The van der Waals surface area contributed by atoms with Gasteiger partial charge in [0.05, 0.1) is 16.3 Å². The van der Waals surface area contributed by atoms with Gasteiger partial charge in [-0.15, -0.1) is 0 Å². The lowest BCUT2D eigenvalue weighted by atomic mass is 9.89. The first-order valence-electron chi connectivity index (χ1n) is 4.62. The van der Waals surface area contributed by atoms with Crippen LogP contribution in [-0.4, -0.2) is 11.5 Å². The molecule has 2 nitrogen and oxygen atoms in total. The van der Waals surface area contributed by atoms with E-state index >= 15 is 0 Å². The largest absolute Gasteiger partial charge is 0.417 e. The summed E-state index contributed by atoms with van der Waals surface area (Å²) < 4.78 is 37.1. The van der Waals surface area contributed by atoms with E-state index in [-0.39, 0.29) is 11.6 Å². The van der Waals surface area contributed by atoms with Gasteiger partial charge in [-0.1, -0.05) is 25.4 Å². The first kappa shape index (κ1) is 13.3. The van der Waals surface area contributed by atoms with Gasteiger partial charge in [0, 0.05) is 18.2 Å². The van der Waals surface area contributed by atoms with Gasteiger partial charge in [-0.2, -0.15) is 13.2 Å². The molecule has 0 unspecified atom stereocenters. The predicted molar refractivity (Wildman–Crippen MR) is 56.3 cm³/mol. The highest BCUT2D eigenvalue weighted by Gasteiger charge is 2.33. The van der Waals surface area contributed by atoms with E-state index in [2.05, 4.69) is 4.98 Å². The Hall–Kier alpha value is -0.810. The van der Waals surface area contributed by atoms with E-state index in [0.717, 1.165) is 12.3 Å². The van der Waals surface area contributed by atoms with Crippen molar-refractivity contribution in [3.63, 3.8) is 0 Å². The fourth-order valence-electron chi connectivity index (χ4n) is 1.19. The number of hydrogen-bond acceptors (Lipinski definition) is 2. The first-order chi connectivity index (χ1) is 7.18. The van der Waals surface area contributed by atoms with Gasteiger partial charge in [-0.25, -0.2) is 0 Å². The molecule has 0 radical (unpaired) electrons. The van der Waals surface area contributed by atoms with Crippen molar-refractivity contribution in [2.24, 2.45) is 5.73 Å². The molecule has 1 aromatic rings. The van der Waals surface area contributed by atoms with E-state index in [1.54, 1.807) is 13.8 Å². The molecule has 0 aromatic carbocycles. The lowest BCUT2D eigenvalue weighted by Crippen LogP contribution is -2.29. The molecule has 0 aliphatic rings. The fraction of sp³-hybridized carbons (Fsp3) is 0.500. The minimum Gasteiger partial charge on any atom is -0.330 e. The lowest BCUT2D eigenvalue weighted by Gasteiger charge is -2.23. The van der Waals surface area contributed by atoms with Gasteiger partial charge in [0.1, 0.15) is 0 Å². The van der Waals surface area contributed by atoms with E-state index in [1.807, 2.05) is 0 Å². The molecule has 2 N–H and O–H groups in total. The van der Waals surface area contributed by atoms with Gasteiger partial charge in [-0.05, 0) is 6.07 Å². The molecule has 0 spiro atoms. The van der Waals surface area contributed by atoms with E-state index in [4.69, 9.17) is 17.3 Å². The van der Waals surface area contributed by atoms with Crippen molar-refractivity contribution in [2.45, 2.75) is 25.4 Å². The number of nitrogens with two attached hydrogens (primary N) is 1. The molecule has 0 aliphatic carbocycles. The molecule has 0 bridgehead atoms. The van der Waals surface area contributed by atoms with Crippen LogP contribution in [0.15, 0.2) is 12.3 Å². The second kappa shape index (κ2) is 4.22. The molecule has 0 amide bonds. The summed E-state index contributed by atoms with van der Waals surface area (Å²) in [6.45, 7) is 3.80. The Morgan fingerprint density at radius 3 is 2.31 bits per heavy atom. The van der Waals surface area contributed by atoms with Crippen LogP contribution in [0.3, 0.4) is 0 Å². The Morgan fingerprint density at radius 1 is 1.38 bits per heavy atom. The molecule has 16 heavy (non-hydrogen) atoms. The molecule has 0 saturated carbocycles. The van der Waals surface area contributed by atoms with Crippen molar-refractivity contribution in [2.75, 3.05) is 6.54 Å². The van der Waals surface area contributed by atoms with Crippen LogP contribution in [0.5, 0.6) is 0 Å². The van der Waals surface area contributed by atoms with Crippen molar-refractivity contribution in [1.82, 2.24) is 4.98 Å². The topological polar surface area (TPSA) is 38.9 Å². The number of halogens is 4. The summed E-state index contributed by atoms with van der Waals surface area (Å²) in [5.74, 6) is 0. The van der Waals surface area contributed by atoms with Gasteiger partial charge >= 0.3 is 6.18 Å². The molecule has 1 heterocycles. The Bertz CT molecular complexity index is 388. The minimum atomic E-state index is -4.43. The molecule has 0 aliphatic heterocycles. The van der Waals surface area contributed by atoms with Crippen LogP contribution in [0.1, 0.15) is 25.1 Å². The summed E-state index contributed by atoms with van der Waals surface area (Å²) in [4.78, 5) is 3.76. The number of rotatable bonds is 2. The second-order valence-corrected chi connectivity index (χ2v) is 4.55. The molecule has 1 rings (SSSR count). The zero-order chi connectivity index (χ0) is 12.6. The zero-order valence-corrected chi connectivity index (χ0v) is 9.65. The normalized spacial score (nSPS) is 12.9. The number of hydrogen-bond donors (Lipinski definition) is 1. The van der Waals surface area contributed by atoms with Crippen LogP contribution in [0.2, 0.25) is 5.02 Å². The van der Waals surface area contributed by atoms with Gasteiger partial charge in [0.2, 0.25) is 0 Å². The maximum Gasteiger partial charge on any atom is 0.417 e. The summed E-state index contributed by atoms with van der Waals surface area (Å²) in [6, 6.07) is 0.876. The van der Waals surface area contributed by atoms with E-state index in [9.17, 15) is 13.2 Å². The molecule has 0 atom stereocenters. The van der Waals surface area contributed by atoms with Crippen molar-refractivity contribution in [1.29, 1.82) is 0 Å². The highest BCUT2D eigenvalue weighted by atomic mass is 35.5. The van der Waals surface area contributed by atoms with Crippen LogP contribution >= 0.6 is 11.6 Å². The van der Waals surface area contributed by atoms with E-state index in [1.165, 1.54) is 0 Å². The molecule has 0 fully saturated rings. The monoisotopic (exact) mass is 252 g/mol. The molecule has 1 aromatic heterocycles. The number of nitrogens with zero attached hydrogens (tertiary/aromatic N) is 1. The highest BCUT2D eigenvalue weighted by Crippen LogP contribution is 2.34. The summed E-state index contributed by atoms with van der Waals surface area (Å²) in [7, 11) is 0. The maximum absolute atomic E-state index is 12.4. The van der Waals surface area contributed by atoms with Crippen LogP contribution in [-0.2, 0) is 11.6 Å². The Morgan fingerprint density at radius 2 is 1.94 bits per heavy atom. The van der Waals surface area contributed by atoms with E-state index < -0.39 is 17.2 Å². The predicted octanol–water partition coefficient (Wildman–Crippen LogP) is 2.99. The molecule has 0 saturated heterocycles.